The Morgan fingerprint density at radius 3 is 2.58 bits per heavy atom. The number of benzene rings is 1. The van der Waals surface area contributed by atoms with E-state index in [-0.39, 0.29) is 0 Å². The van der Waals surface area contributed by atoms with E-state index in [1.807, 2.05) is 5.38 Å². The quantitative estimate of drug-likeness (QED) is 0.787. The molecule has 0 aliphatic carbocycles. The SMILES string of the molecule is CCN1CCN(c2ccc(Nc3ncnc4sccc34)cc2)CC1. The first-order valence-electron chi connectivity index (χ1n) is 8.36. The standard InChI is InChI=1S/C18H21N5S/c1-2-22-8-10-23(11-9-22)15-5-3-14(4-6-15)21-17-16-7-12-24-18(16)20-13-19-17/h3-7,12-13H,2,8-11H2,1H3,(H,19,20,21). The van der Waals surface area contributed by atoms with Gasteiger partial charge in [0.2, 0.25) is 0 Å². The monoisotopic (exact) mass is 339 g/mol. The molecule has 1 aromatic carbocycles. The van der Waals surface area contributed by atoms with Crippen LogP contribution in [0.25, 0.3) is 10.2 Å². The zero-order valence-electron chi connectivity index (χ0n) is 13.8. The van der Waals surface area contributed by atoms with Gasteiger partial charge in [-0.15, -0.1) is 11.3 Å². The van der Waals surface area contributed by atoms with E-state index in [2.05, 4.69) is 62.3 Å². The maximum Gasteiger partial charge on any atom is 0.142 e. The summed E-state index contributed by atoms with van der Waals surface area (Å²) in [6.07, 6.45) is 1.61. The average Bonchev–Trinajstić information content (AvgIpc) is 3.12. The van der Waals surface area contributed by atoms with Gasteiger partial charge in [-0.05, 0) is 42.3 Å². The van der Waals surface area contributed by atoms with Crippen LogP contribution in [0.2, 0.25) is 0 Å². The van der Waals surface area contributed by atoms with Gasteiger partial charge in [0.1, 0.15) is 17.0 Å². The fraction of sp³-hybridized carbons (Fsp3) is 0.333. The van der Waals surface area contributed by atoms with E-state index < -0.39 is 0 Å². The Morgan fingerprint density at radius 1 is 1.04 bits per heavy atom. The molecule has 0 bridgehead atoms. The highest BCUT2D eigenvalue weighted by molar-refractivity contribution is 7.16. The first-order valence-corrected chi connectivity index (χ1v) is 9.24. The Hall–Kier alpha value is -2.18. The Bertz CT molecular complexity index is 806. The van der Waals surface area contributed by atoms with Gasteiger partial charge in [0.05, 0.1) is 5.39 Å². The van der Waals surface area contributed by atoms with Crippen LogP contribution in [0.1, 0.15) is 6.92 Å². The van der Waals surface area contributed by atoms with Gasteiger partial charge in [-0.2, -0.15) is 0 Å². The van der Waals surface area contributed by atoms with Crippen molar-refractivity contribution in [2.24, 2.45) is 0 Å². The fourth-order valence-electron chi connectivity index (χ4n) is 3.10. The highest BCUT2D eigenvalue weighted by atomic mass is 32.1. The molecule has 0 radical (unpaired) electrons. The molecule has 0 spiro atoms. The maximum absolute atomic E-state index is 4.37. The number of rotatable bonds is 4. The Kier molecular flexibility index (Phi) is 4.32. The summed E-state index contributed by atoms with van der Waals surface area (Å²) in [6.45, 7) is 7.87. The number of nitrogens with zero attached hydrogens (tertiary/aromatic N) is 4. The summed E-state index contributed by atoms with van der Waals surface area (Å²) in [5, 5.41) is 6.52. The topological polar surface area (TPSA) is 44.3 Å². The van der Waals surface area contributed by atoms with Crippen LogP contribution in [0, 0.1) is 0 Å². The molecule has 6 heteroatoms. The molecule has 1 fully saturated rings. The molecular formula is C18H21N5S. The number of hydrogen-bond acceptors (Lipinski definition) is 6. The van der Waals surface area contributed by atoms with Gasteiger partial charge in [0, 0.05) is 37.6 Å². The highest BCUT2D eigenvalue weighted by Crippen LogP contribution is 2.27. The third kappa shape index (κ3) is 3.07. The second-order valence-corrected chi connectivity index (χ2v) is 6.85. The molecule has 0 amide bonds. The van der Waals surface area contributed by atoms with Crippen LogP contribution in [-0.2, 0) is 0 Å². The molecule has 124 valence electrons. The van der Waals surface area contributed by atoms with Crippen LogP contribution >= 0.6 is 11.3 Å². The molecule has 1 aliphatic heterocycles. The van der Waals surface area contributed by atoms with E-state index in [1.165, 1.54) is 5.69 Å². The molecule has 5 nitrogen and oxygen atoms in total. The molecule has 3 aromatic rings. The molecular weight excluding hydrogens is 318 g/mol. The van der Waals surface area contributed by atoms with Crippen molar-refractivity contribution in [3.63, 3.8) is 0 Å². The van der Waals surface area contributed by atoms with Crippen molar-refractivity contribution in [1.82, 2.24) is 14.9 Å². The van der Waals surface area contributed by atoms with Gasteiger partial charge < -0.3 is 15.1 Å². The van der Waals surface area contributed by atoms with Gasteiger partial charge in [-0.3, -0.25) is 0 Å². The lowest BCUT2D eigenvalue weighted by atomic mass is 10.2. The van der Waals surface area contributed by atoms with Crippen LogP contribution in [0.3, 0.4) is 0 Å². The summed E-state index contributed by atoms with van der Waals surface area (Å²) in [6, 6.07) is 10.7. The van der Waals surface area contributed by atoms with Crippen molar-refractivity contribution >= 4 is 38.7 Å². The normalized spacial score (nSPS) is 15.8. The van der Waals surface area contributed by atoms with Crippen molar-refractivity contribution in [1.29, 1.82) is 0 Å². The largest absolute Gasteiger partial charge is 0.369 e. The van der Waals surface area contributed by atoms with Crippen molar-refractivity contribution in [2.45, 2.75) is 6.92 Å². The fourth-order valence-corrected chi connectivity index (χ4v) is 3.84. The Morgan fingerprint density at radius 2 is 1.83 bits per heavy atom. The van der Waals surface area contributed by atoms with Gasteiger partial charge in [0.15, 0.2) is 0 Å². The van der Waals surface area contributed by atoms with Gasteiger partial charge in [0.25, 0.3) is 0 Å². The molecule has 4 rings (SSSR count). The van der Waals surface area contributed by atoms with Gasteiger partial charge >= 0.3 is 0 Å². The maximum atomic E-state index is 4.37. The number of thiophene rings is 1. The van der Waals surface area contributed by atoms with Crippen molar-refractivity contribution in [2.75, 3.05) is 42.9 Å². The van der Waals surface area contributed by atoms with Crippen LogP contribution in [-0.4, -0.2) is 47.6 Å². The zero-order valence-corrected chi connectivity index (χ0v) is 14.6. The molecule has 0 unspecified atom stereocenters. The number of nitrogens with one attached hydrogen (secondary N) is 1. The Labute approximate surface area is 146 Å². The van der Waals surface area contributed by atoms with Crippen LogP contribution in [0.5, 0.6) is 0 Å². The zero-order chi connectivity index (χ0) is 16.4. The number of anilines is 3. The second kappa shape index (κ2) is 6.75. The van der Waals surface area contributed by atoms with Gasteiger partial charge in [-0.25, -0.2) is 9.97 Å². The minimum absolute atomic E-state index is 0.866. The van der Waals surface area contributed by atoms with Crippen molar-refractivity contribution in [3.8, 4) is 0 Å². The number of likely N-dealkylation sites (N-methyl/N-ethyl adjacent to an activating group) is 1. The van der Waals surface area contributed by atoms with Crippen molar-refractivity contribution < 1.29 is 0 Å². The molecule has 3 heterocycles. The molecule has 0 atom stereocenters. The predicted molar refractivity (Wildman–Crippen MR) is 101 cm³/mol. The van der Waals surface area contributed by atoms with Crippen LogP contribution in [0.4, 0.5) is 17.2 Å². The summed E-state index contributed by atoms with van der Waals surface area (Å²) in [7, 11) is 0. The predicted octanol–water partition coefficient (Wildman–Crippen LogP) is 3.58. The highest BCUT2D eigenvalue weighted by Gasteiger charge is 2.15. The lowest BCUT2D eigenvalue weighted by Gasteiger charge is -2.35. The lowest BCUT2D eigenvalue weighted by Crippen LogP contribution is -2.46. The average molecular weight is 339 g/mol. The number of piperazine rings is 1. The number of hydrogen-bond donors (Lipinski definition) is 1. The molecule has 1 aliphatic rings. The van der Waals surface area contributed by atoms with E-state index >= 15 is 0 Å². The molecule has 0 saturated carbocycles. The summed E-state index contributed by atoms with van der Waals surface area (Å²) in [5.74, 6) is 0.866. The van der Waals surface area contributed by atoms with E-state index in [0.717, 1.165) is 54.4 Å². The van der Waals surface area contributed by atoms with E-state index in [4.69, 9.17) is 0 Å². The van der Waals surface area contributed by atoms with Crippen LogP contribution in [0.15, 0.2) is 42.0 Å². The lowest BCUT2D eigenvalue weighted by molar-refractivity contribution is 0.271. The van der Waals surface area contributed by atoms with E-state index in [9.17, 15) is 0 Å². The molecule has 1 saturated heterocycles. The third-order valence-electron chi connectivity index (χ3n) is 4.58. The summed E-state index contributed by atoms with van der Waals surface area (Å²) in [4.78, 5) is 14.6. The minimum atomic E-state index is 0.866. The smallest absolute Gasteiger partial charge is 0.142 e. The summed E-state index contributed by atoms with van der Waals surface area (Å²) in [5.41, 5.74) is 2.34. The second-order valence-electron chi connectivity index (χ2n) is 5.95. The summed E-state index contributed by atoms with van der Waals surface area (Å²) >= 11 is 1.63. The number of aromatic nitrogens is 2. The first kappa shape index (κ1) is 15.4. The Balaban J connectivity index is 1.47. The summed E-state index contributed by atoms with van der Waals surface area (Å²) < 4.78 is 0. The van der Waals surface area contributed by atoms with Crippen LogP contribution < -0.4 is 10.2 Å². The van der Waals surface area contributed by atoms with Gasteiger partial charge in [-0.1, -0.05) is 6.92 Å². The van der Waals surface area contributed by atoms with E-state index in [0.29, 0.717) is 0 Å². The first-order chi connectivity index (χ1) is 11.8. The number of fused-ring (bicyclic) bond motifs is 1. The van der Waals surface area contributed by atoms with E-state index in [1.54, 1.807) is 17.7 Å². The molecule has 1 N–H and O–H groups in total. The molecule has 24 heavy (non-hydrogen) atoms. The minimum Gasteiger partial charge on any atom is -0.369 e. The third-order valence-corrected chi connectivity index (χ3v) is 5.40. The van der Waals surface area contributed by atoms with Crippen molar-refractivity contribution in [3.05, 3.63) is 42.0 Å². The molecule has 2 aromatic heterocycles.